The van der Waals surface area contributed by atoms with E-state index < -0.39 is 0 Å². The molecule has 1 saturated heterocycles. The average molecular weight is 553 g/mol. The first-order valence-electron chi connectivity index (χ1n) is 14.4. The molecule has 0 radical (unpaired) electrons. The zero-order chi connectivity index (χ0) is 30.8. The standard InChI is InChI=1S/C30H44FN3O.C2H5N.C2H4/c1-8-23(9-2)30(26(11-4)24(10-3)18-25-14-12-13-15-27(25)31)22(7)33-19-28(21(6)32)34-20(5)16-17-29(34)35;1-2-3;1-2/h8,12-15,19-21,24H,9-11,16-18,32H2,1-7H3;2H,1,3H2;1-2H2/b23-8+,28-19+,30-26?,33-22?;;. The third kappa shape index (κ3) is 10.4. The molecule has 40 heavy (non-hydrogen) atoms. The van der Waals surface area contributed by atoms with Gasteiger partial charge in [0.1, 0.15) is 5.82 Å². The van der Waals surface area contributed by atoms with E-state index in [0.29, 0.717) is 12.8 Å². The molecule has 4 N–H and O–H groups in total. The zero-order valence-electron chi connectivity index (χ0n) is 26.0. The minimum absolute atomic E-state index is 0.109. The maximum absolute atomic E-state index is 14.5. The van der Waals surface area contributed by atoms with Crippen LogP contribution in [-0.4, -0.2) is 28.6 Å². The van der Waals surface area contributed by atoms with Gasteiger partial charge in [-0.3, -0.25) is 9.79 Å². The minimum Gasteiger partial charge on any atom is -0.405 e. The van der Waals surface area contributed by atoms with Crippen molar-refractivity contribution in [3.05, 3.63) is 96.3 Å². The van der Waals surface area contributed by atoms with Gasteiger partial charge in [0.05, 0.1) is 5.70 Å². The second kappa shape index (κ2) is 19.8. The number of nitrogens with zero attached hydrogens (tertiary/aromatic N) is 2. The number of likely N-dealkylation sites (tertiary alicyclic amines) is 1. The van der Waals surface area contributed by atoms with Crippen LogP contribution in [0.15, 0.2) is 89.9 Å². The highest BCUT2D eigenvalue weighted by molar-refractivity contribution is 6.03. The minimum atomic E-state index is -0.300. The van der Waals surface area contributed by atoms with Gasteiger partial charge in [-0.05, 0) is 94.7 Å². The Balaban J connectivity index is 0.00000284. The molecule has 0 saturated carbocycles. The number of amides is 1. The van der Waals surface area contributed by atoms with Crippen LogP contribution < -0.4 is 11.5 Å². The van der Waals surface area contributed by atoms with E-state index in [1.807, 2.05) is 30.9 Å². The summed E-state index contributed by atoms with van der Waals surface area (Å²) in [7, 11) is 0. The van der Waals surface area contributed by atoms with Gasteiger partial charge in [-0.1, -0.05) is 57.2 Å². The van der Waals surface area contributed by atoms with Gasteiger partial charge in [-0.2, -0.15) is 0 Å². The van der Waals surface area contributed by atoms with Crippen molar-refractivity contribution in [3.63, 3.8) is 0 Å². The molecule has 3 atom stereocenters. The Morgan fingerprint density at radius 2 is 1.82 bits per heavy atom. The second-order valence-corrected chi connectivity index (χ2v) is 9.77. The summed E-state index contributed by atoms with van der Waals surface area (Å²) in [6.07, 6.45) is 9.88. The van der Waals surface area contributed by atoms with Crippen LogP contribution in [0, 0.1) is 11.7 Å². The van der Waals surface area contributed by atoms with E-state index >= 15 is 0 Å². The van der Waals surface area contributed by atoms with Crippen molar-refractivity contribution >= 4 is 11.6 Å². The lowest BCUT2D eigenvalue weighted by molar-refractivity contribution is -0.127. The molecule has 1 fully saturated rings. The molecule has 2 rings (SSSR count). The normalized spacial score (nSPS) is 18.1. The lowest BCUT2D eigenvalue weighted by atomic mass is 9.81. The van der Waals surface area contributed by atoms with E-state index in [1.165, 1.54) is 23.4 Å². The Kier molecular flexibility index (Phi) is 18.1. The SMILES string of the molecule is C/C=C(\CC)C(C(C)=N/C=C(\C(C)N)N1C(=O)CCC1C)=C(CC)C(CC)Cc1ccccc1F.C=C.C=CN. The molecule has 1 amide bonds. The summed E-state index contributed by atoms with van der Waals surface area (Å²) >= 11 is 0. The smallest absolute Gasteiger partial charge is 0.227 e. The molecule has 1 aliphatic heterocycles. The summed E-state index contributed by atoms with van der Waals surface area (Å²) in [6.45, 7) is 23.7. The fraction of sp³-hybridized carbons (Fsp3) is 0.471. The third-order valence-corrected chi connectivity index (χ3v) is 7.14. The Morgan fingerprint density at radius 3 is 2.25 bits per heavy atom. The number of allylic oxidation sites excluding steroid dienone is 4. The van der Waals surface area contributed by atoms with Crippen LogP contribution in [0.2, 0.25) is 0 Å². The van der Waals surface area contributed by atoms with Gasteiger partial charge in [0.25, 0.3) is 0 Å². The van der Waals surface area contributed by atoms with Gasteiger partial charge in [-0.15, -0.1) is 13.2 Å². The second-order valence-electron chi connectivity index (χ2n) is 9.77. The first-order valence-corrected chi connectivity index (χ1v) is 14.4. The Bertz CT molecular complexity index is 1070. The van der Waals surface area contributed by atoms with Crippen LogP contribution in [-0.2, 0) is 11.2 Å². The van der Waals surface area contributed by atoms with Crippen molar-refractivity contribution in [2.24, 2.45) is 22.4 Å². The van der Waals surface area contributed by atoms with Gasteiger partial charge in [0, 0.05) is 30.4 Å². The molecule has 0 spiro atoms. The molecule has 0 aromatic heterocycles. The molecule has 222 valence electrons. The fourth-order valence-corrected chi connectivity index (χ4v) is 5.16. The van der Waals surface area contributed by atoms with Crippen LogP contribution in [0.5, 0.6) is 0 Å². The molecule has 1 aromatic rings. The van der Waals surface area contributed by atoms with Crippen molar-refractivity contribution in [3.8, 4) is 0 Å². The van der Waals surface area contributed by atoms with Gasteiger partial charge in [0.2, 0.25) is 5.91 Å². The summed E-state index contributed by atoms with van der Waals surface area (Å²) in [4.78, 5) is 19.2. The van der Waals surface area contributed by atoms with Gasteiger partial charge < -0.3 is 16.4 Å². The number of nitrogens with two attached hydrogens (primary N) is 2. The fourth-order valence-electron chi connectivity index (χ4n) is 5.16. The zero-order valence-corrected chi connectivity index (χ0v) is 26.0. The highest BCUT2D eigenvalue weighted by Crippen LogP contribution is 2.32. The summed E-state index contributed by atoms with van der Waals surface area (Å²) < 4.78 is 14.5. The number of aliphatic imine (C=N–C) groups is 1. The maximum atomic E-state index is 14.5. The lowest BCUT2D eigenvalue weighted by Crippen LogP contribution is -2.37. The van der Waals surface area contributed by atoms with Crippen molar-refractivity contribution in [1.82, 2.24) is 4.90 Å². The van der Waals surface area contributed by atoms with Crippen LogP contribution in [0.4, 0.5) is 4.39 Å². The molecule has 1 aromatic carbocycles. The molecule has 6 heteroatoms. The highest BCUT2D eigenvalue weighted by atomic mass is 19.1. The lowest BCUT2D eigenvalue weighted by Gasteiger charge is -2.27. The molecular formula is C34H53FN4O. The van der Waals surface area contributed by atoms with Crippen LogP contribution in [0.3, 0.4) is 0 Å². The number of hydrogen-bond acceptors (Lipinski definition) is 4. The quantitative estimate of drug-likeness (QED) is 0.166. The molecular weight excluding hydrogens is 499 g/mol. The highest BCUT2D eigenvalue weighted by Gasteiger charge is 2.31. The van der Waals surface area contributed by atoms with E-state index in [0.717, 1.165) is 48.2 Å². The molecule has 1 heterocycles. The predicted octanol–water partition coefficient (Wildman–Crippen LogP) is 8.01. The van der Waals surface area contributed by atoms with Crippen LogP contribution in [0.1, 0.15) is 86.1 Å². The first kappa shape index (κ1) is 36.8. The van der Waals surface area contributed by atoms with Gasteiger partial charge >= 0.3 is 0 Å². The average Bonchev–Trinajstić information content (AvgIpc) is 3.27. The van der Waals surface area contributed by atoms with E-state index in [9.17, 15) is 9.18 Å². The molecule has 5 nitrogen and oxygen atoms in total. The van der Waals surface area contributed by atoms with E-state index in [4.69, 9.17) is 10.7 Å². The van der Waals surface area contributed by atoms with E-state index in [2.05, 4.69) is 66.2 Å². The number of carbonyl (C=O) groups is 1. The summed E-state index contributed by atoms with van der Waals surface area (Å²) in [5.74, 6) is 0.164. The third-order valence-electron chi connectivity index (χ3n) is 7.14. The summed E-state index contributed by atoms with van der Waals surface area (Å²) in [5.41, 5.74) is 17.0. The Morgan fingerprint density at radius 1 is 1.23 bits per heavy atom. The number of hydrogen-bond donors (Lipinski definition) is 2. The van der Waals surface area contributed by atoms with Crippen molar-refractivity contribution in [2.45, 2.75) is 99.1 Å². The molecule has 0 bridgehead atoms. The van der Waals surface area contributed by atoms with E-state index in [1.54, 1.807) is 12.3 Å². The van der Waals surface area contributed by atoms with Crippen molar-refractivity contribution < 1.29 is 9.18 Å². The summed E-state index contributed by atoms with van der Waals surface area (Å²) in [6, 6.07) is 6.89. The Labute approximate surface area is 243 Å². The number of benzene rings is 1. The number of carbonyl (C=O) groups excluding carboxylic acids is 1. The molecule has 1 aliphatic rings. The predicted molar refractivity (Wildman–Crippen MR) is 171 cm³/mol. The van der Waals surface area contributed by atoms with Crippen LogP contribution >= 0.6 is 0 Å². The number of rotatable bonds is 11. The largest absolute Gasteiger partial charge is 0.405 e. The molecule has 0 aliphatic carbocycles. The van der Waals surface area contributed by atoms with Crippen LogP contribution in [0.25, 0.3) is 0 Å². The topological polar surface area (TPSA) is 84.7 Å². The Hall–Kier alpha value is -3.25. The van der Waals surface area contributed by atoms with Crippen molar-refractivity contribution in [1.29, 1.82) is 0 Å². The van der Waals surface area contributed by atoms with Crippen molar-refractivity contribution in [2.75, 3.05) is 0 Å². The van der Waals surface area contributed by atoms with E-state index in [-0.39, 0.29) is 29.7 Å². The first-order chi connectivity index (χ1) is 19.1. The molecule has 3 unspecified atom stereocenters. The van der Waals surface area contributed by atoms with Gasteiger partial charge in [-0.25, -0.2) is 4.39 Å². The number of halogens is 1. The van der Waals surface area contributed by atoms with Gasteiger partial charge in [0.15, 0.2) is 0 Å². The monoisotopic (exact) mass is 552 g/mol. The maximum Gasteiger partial charge on any atom is 0.227 e. The summed E-state index contributed by atoms with van der Waals surface area (Å²) in [5, 5.41) is 0.